The summed E-state index contributed by atoms with van der Waals surface area (Å²) >= 11 is 11.6. The van der Waals surface area contributed by atoms with Crippen molar-refractivity contribution in [2.45, 2.75) is 25.8 Å². The Morgan fingerprint density at radius 3 is 2.60 bits per heavy atom. The molecule has 1 aromatic rings. The number of carboxylic acid groups (broad SMARTS) is 1. The van der Waals surface area contributed by atoms with Gasteiger partial charge in [0, 0.05) is 6.08 Å². The molecule has 4 nitrogen and oxygen atoms in total. The van der Waals surface area contributed by atoms with Gasteiger partial charge in [0.25, 0.3) is 0 Å². The molecule has 1 aromatic carbocycles. The van der Waals surface area contributed by atoms with Crippen LogP contribution in [0.15, 0.2) is 24.3 Å². The van der Waals surface area contributed by atoms with Crippen molar-refractivity contribution in [3.8, 4) is 0 Å². The molecule has 0 aliphatic heterocycles. The van der Waals surface area contributed by atoms with Crippen LogP contribution in [0.3, 0.4) is 0 Å². The summed E-state index contributed by atoms with van der Waals surface area (Å²) in [5.41, 5.74) is 0.705. The van der Waals surface area contributed by atoms with Crippen LogP contribution in [0.2, 0.25) is 10.0 Å². The predicted octanol–water partition coefficient (Wildman–Crippen LogP) is 3.38. The maximum atomic E-state index is 11.6. The molecule has 20 heavy (non-hydrogen) atoms. The highest BCUT2D eigenvalue weighted by atomic mass is 35.5. The van der Waals surface area contributed by atoms with E-state index in [1.165, 1.54) is 6.08 Å². The molecule has 0 radical (unpaired) electrons. The second kappa shape index (κ2) is 7.92. The average Bonchev–Trinajstić information content (AvgIpc) is 2.39. The lowest BCUT2D eigenvalue weighted by molar-refractivity contribution is -0.141. The van der Waals surface area contributed by atoms with Crippen LogP contribution in [0.4, 0.5) is 0 Å². The number of nitrogens with one attached hydrogen (secondary N) is 1. The topological polar surface area (TPSA) is 66.4 Å². The van der Waals surface area contributed by atoms with Crippen molar-refractivity contribution in [1.82, 2.24) is 5.32 Å². The lowest BCUT2D eigenvalue weighted by Gasteiger charge is -2.11. The lowest BCUT2D eigenvalue weighted by atomic mass is 10.1. The third-order valence-electron chi connectivity index (χ3n) is 2.56. The average molecular weight is 316 g/mol. The number of rotatable bonds is 6. The first-order valence-electron chi connectivity index (χ1n) is 6.10. The van der Waals surface area contributed by atoms with Gasteiger partial charge in [-0.1, -0.05) is 42.6 Å². The zero-order valence-electron chi connectivity index (χ0n) is 10.9. The minimum atomic E-state index is -1.04. The molecule has 0 heterocycles. The van der Waals surface area contributed by atoms with Gasteiger partial charge < -0.3 is 10.4 Å². The second-order valence-electron chi connectivity index (χ2n) is 4.19. The Hall–Kier alpha value is -1.52. The number of halogens is 2. The van der Waals surface area contributed by atoms with E-state index in [1.807, 2.05) is 6.92 Å². The second-order valence-corrected chi connectivity index (χ2v) is 5.01. The van der Waals surface area contributed by atoms with Gasteiger partial charge in [-0.25, -0.2) is 4.79 Å². The molecular formula is C14H15Cl2NO3. The van der Waals surface area contributed by atoms with Crippen LogP contribution >= 0.6 is 23.2 Å². The SMILES string of the molecule is CCC[C@H](NC(=O)/C=C/c1ccc(Cl)c(Cl)c1)C(=O)O. The monoisotopic (exact) mass is 315 g/mol. The highest BCUT2D eigenvalue weighted by molar-refractivity contribution is 6.42. The Balaban J connectivity index is 2.67. The standard InChI is InChI=1S/C14H15Cl2NO3/c1-2-3-12(14(19)20)17-13(18)7-5-9-4-6-10(15)11(16)8-9/h4-8,12H,2-3H2,1H3,(H,17,18)(H,19,20)/b7-5+/t12-/m0/s1. The first kappa shape index (κ1) is 16.5. The van der Waals surface area contributed by atoms with Crippen molar-refractivity contribution in [2.24, 2.45) is 0 Å². The molecule has 2 N–H and O–H groups in total. The zero-order chi connectivity index (χ0) is 15.1. The van der Waals surface area contributed by atoms with Crippen LogP contribution in [-0.2, 0) is 9.59 Å². The van der Waals surface area contributed by atoms with Crippen LogP contribution < -0.4 is 5.32 Å². The van der Waals surface area contributed by atoms with Crippen molar-refractivity contribution >= 4 is 41.2 Å². The van der Waals surface area contributed by atoms with Crippen LogP contribution in [0, 0.1) is 0 Å². The van der Waals surface area contributed by atoms with E-state index in [9.17, 15) is 9.59 Å². The number of carbonyl (C=O) groups excluding carboxylic acids is 1. The minimum absolute atomic E-state index is 0.391. The zero-order valence-corrected chi connectivity index (χ0v) is 12.4. The maximum absolute atomic E-state index is 11.6. The van der Waals surface area contributed by atoms with Gasteiger partial charge in [-0.3, -0.25) is 4.79 Å². The van der Waals surface area contributed by atoms with Crippen molar-refractivity contribution in [3.63, 3.8) is 0 Å². The number of benzene rings is 1. The Morgan fingerprint density at radius 2 is 2.05 bits per heavy atom. The molecule has 108 valence electrons. The van der Waals surface area contributed by atoms with E-state index in [0.717, 1.165) is 0 Å². The molecule has 0 aliphatic carbocycles. The highest BCUT2D eigenvalue weighted by Gasteiger charge is 2.17. The maximum Gasteiger partial charge on any atom is 0.326 e. The molecule has 1 atom stereocenters. The number of amides is 1. The number of hydrogen-bond donors (Lipinski definition) is 2. The largest absolute Gasteiger partial charge is 0.480 e. The number of hydrogen-bond acceptors (Lipinski definition) is 2. The van der Waals surface area contributed by atoms with E-state index in [-0.39, 0.29) is 0 Å². The van der Waals surface area contributed by atoms with E-state index in [1.54, 1.807) is 24.3 Å². The third-order valence-corrected chi connectivity index (χ3v) is 3.30. The molecule has 0 bridgehead atoms. The normalized spacial score (nSPS) is 12.3. The predicted molar refractivity (Wildman–Crippen MR) is 80.0 cm³/mol. The molecule has 1 rings (SSSR count). The number of carboxylic acids is 1. The molecule has 0 saturated heterocycles. The van der Waals surface area contributed by atoms with Crippen LogP contribution in [0.25, 0.3) is 6.08 Å². The van der Waals surface area contributed by atoms with Crippen molar-refractivity contribution in [2.75, 3.05) is 0 Å². The number of aliphatic carboxylic acids is 1. The lowest BCUT2D eigenvalue weighted by Crippen LogP contribution is -2.39. The number of carbonyl (C=O) groups is 2. The third kappa shape index (κ3) is 5.23. The van der Waals surface area contributed by atoms with Gasteiger partial charge in [0.15, 0.2) is 0 Å². The molecular weight excluding hydrogens is 301 g/mol. The van der Waals surface area contributed by atoms with Gasteiger partial charge in [-0.2, -0.15) is 0 Å². The fraction of sp³-hybridized carbons (Fsp3) is 0.286. The summed E-state index contributed by atoms with van der Waals surface area (Å²) in [6.07, 6.45) is 3.88. The molecule has 0 unspecified atom stereocenters. The molecule has 1 amide bonds. The molecule has 6 heteroatoms. The molecule has 0 fully saturated rings. The van der Waals surface area contributed by atoms with Gasteiger partial charge >= 0.3 is 5.97 Å². The first-order valence-corrected chi connectivity index (χ1v) is 6.86. The molecule has 0 aromatic heterocycles. The van der Waals surface area contributed by atoms with Gasteiger partial charge in [0.1, 0.15) is 6.04 Å². The Morgan fingerprint density at radius 1 is 1.35 bits per heavy atom. The van der Waals surface area contributed by atoms with E-state index >= 15 is 0 Å². The summed E-state index contributed by atoms with van der Waals surface area (Å²) in [5.74, 6) is -1.50. The minimum Gasteiger partial charge on any atom is -0.480 e. The fourth-order valence-corrected chi connectivity index (χ4v) is 1.86. The summed E-state index contributed by atoms with van der Waals surface area (Å²) in [4.78, 5) is 22.5. The highest BCUT2D eigenvalue weighted by Crippen LogP contribution is 2.23. The van der Waals surface area contributed by atoms with Crippen molar-refractivity contribution in [1.29, 1.82) is 0 Å². The van der Waals surface area contributed by atoms with Crippen molar-refractivity contribution < 1.29 is 14.7 Å². The molecule has 0 spiro atoms. The molecule has 0 aliphatic rings. The summed E-state index contributed by atoms with van der Waals surface area (Å²) < 4.78 is 0. The summed E-state index contributed by atoms with van der Waals surface area (Å²) in [7, 11) is 0. The van der Waals surface area contributed by atoms with Gasteiger partial charge in [-0.15, -0.1) is 0 Å². The van der Waals surface area contributed by atoms with Gasteiger partial charge in [0.2, 0.25) is 5.91 Å². The van der Waals surface area contributed by atoms with Crippen LogP contribution in [0.1, 0.15) is 25.3 Å². The van der Waals surface area contributed by atoms with E-state index in [0.29, 0.717) is 28.5 Å². The summed E-state index contributed by atoms with van der Waals surface area (Å²) in [6.45, 7) is 1.85. The van der Waals surface area contributed by atoms with Gasteiger partial charge in [0.05, 0.1) is 10.0 Å². The Labute approximate surface area is 127 Å². The van der Waals surface area contributed by atoms with Crippen LogP contribution in [0.5, 0.6) is 0 Å². The molecule has 0 saturated carbocycles. The van der Waals surface area contributed by atoms with E-state index in [4.69, 9.17) is 28.3 Å². The summed E-state index contributed by atoms with van der Waals surface area (Å²) in [5, 5.41) is 12.2. The van der Waals surface area contributed by atoms with Crippen molar-refractivity contribution in [3.05, 3.63) is 39.9 Å². The smallest absolute Gasteiger partial charge is 0.326 e. The van der Waals surface area contributed by atoms with Gasteiger partial charge in [-0.05, 0) is 30.2 Å². The quantitative estimate of drug-likeness (QED) is 0.791. The Kier molecular flexibility index (Phi) is 6.55. The summed E-state index contributed by atoms with van der Waals surface area (Å²) in [6, 6.07) is 4.08. The fourth-order valence-electron chi connectivity index (χ4n) is 1.55. The van der Waals surface area contributed by atoms with E-state index in [2.05, 4.69) is 5.32 Å². The van der Waals surface area contributed by atoms with Crippen LogP contribution in [-0.4, -0.2) is 23.0 Å². The first-order chi connectivity index (χ1) is 9.43. The van der Waals surface area contributed by atoms with E-state index < -0.39 is 17.9 Å². The Bertz CT molecular complexity index is 529.